The van der Waals surface area contributed by atoms with Gasteiger partial charge in [0.25, 0.3) is 0 Å². The Bertz CT molecular complexity index is 329. The van der Waals surface area contributed by atoms with Crippen molar-refractivity contribution in [2.45, 2.75) is 45.1 Å². The van der Waals surface area contributed by atoms with E-state index >= 15 is 0 Å². The summed E-state index contributed by atoms with van der Waals surface area (Å²) in [5, 5.41) is 0. The maximum Gasteiger partial charge on any atom is 0.137 e. The quantitative estimate of drug-likeness (QED) is 0.871. The van der Waals surface area contributed by atoms with Crippen molar-refractivity contribution in [1.82, 2.24) is 4.98 Å². The molecule has 1 aliphatic carbocycles. The third-order valence-corrected chi connectivity index (χ3v) is 3.44. The predicted octanol–water partition coefficient (Wildman–Crippen LogP) is 3.06. The molecule has 0 radical (unpaired) electrons. The summed E-state index contributed by atoms with van der Waals surface area (Å²) in [5.74, 6) is 1.59. The largest absolute Gasteiger partial charge is 0.492 e. The van der Waals surface area contributed by atoms with E-state index in [4.69, 9.17) is 10.5 Å². The van der Waals surface area contributed by atoms with Crippen LogP contribution in [-0.4, -0.2) is 11.6 Å². The van der Waals surface area contributed by atoms with Crippen molar-refractivity contribution in [3.63, 3.8) is 0 Å². The molecule has 3 heteroatoms. The highest BCUT2D eigenvalue weighted by Gasteiger charge is 2.14. The lowest BCUT2D eigenvalue weighted by molar-refractivity contribution is 0.208. The van der Waals surface area contributed by atoms with E-state index in [2.05, 4.69) is 4.98 Å². The smallest absolute Gasteiger partial charge is 0.137 e. The Morgan fingerprint density at radius 3 is 2.71 bits per heavy atom. The van der Waals surface area contributed by atoms with Crippen LogP contribution in [0.15, 0.2) is 18.3 Å². The number of ether oxygens (including phenoxy) is 1. The summed E-state index contributed by atoms with van der Waals surface area (Å²) in [6.07, 6.45) is 8.51. The molecule has 17 heavy (non-hydrogen) atoms. The molecule has 1 aromatic heterocycles. The molecular weight excluding hydrogens is 212 g/mol. The van der Waals surface area contributed by atoms with E-state index in [-0.39, 0.29) is 6.04 Å². The minimum atomic E-state index is -0.0117. The predicted molar refractivity (Wildman–Crippen MR) is 68.9 cm³/mol. The van der Waals surface area contributed by atoms with Gasteiger partial charge in [0.2, 0.25) is 0 Å². The molecule has 2 rings (SSSR count). The molecule has 0 bridgehead atoms. The molecule has 0 spiro atoms. The van der Waals surface area contributed by atoms with Crippen LogP contribution in [0.5, 0.6) is 5.75 Å². The summed E-state index contributed by atoms with van der Waals surface area (Å²) in [6.45, 7) is 2.77. The van der Waals surface area contributed by atoms with Crippen LogP contribution in [0.1, 0.15) is 50.8 Å². The Labute approximate surface area is 103 Å². The number of nitrogens with two attached hydrogens (primary N) is 1. The zero-order valence-corrected chi connectivity index (χ0v) is 10.6. The number of rotatable bonds is 4. The average molecular weight is 234 g/mol. The highest BCUT2D eigenvalue weighted by atomic mass is 16.5. The summed E-state index contributed by atoms with van der Waals surface area (Å²) in [6, 6.07) is 3.90. The van der Waals surface area contributed by atoms with Crippen molar-refractivity contribution in [1.29, 1.82) is 0 Å². The van der Waals surface area contributed by atoms with E-state index in [9.17, 15) is 0 Å². The van der Waals surface area contributed by atoms with Gasteiger partial charge in [-0.2, -0.15) is 0 Å². The van der Waals surface area contributed by atoms with Crippen molar-refractivity contribution < 1.29 is 4.74 Å². The van der Waals surface area contributed by atoms with Gasteiger partial charge in [-0.3, -0.25) is 4.98 Å². The maximum absolute atomic E-state index is 5.78. The highest BCUT2D eigenvalue weighted by molar-refractivity contribution is 5.21. The summed E-state index contributed by atoms with van der Waals surface area (Å²) < 4.78 is 5.78. The molecule has 1 aliphatic rings. The van der Waals surface area contributed by atoms with Crippen LogP contribution >= 0.6 is 0 Å². The molecule has 0 aliphatic heterocycles. The first-order valence-electron chi connectivity index (χ1n) is 6.60. The van der Waals surface area contributed by atoms with E-state index in [1.54, 1.807) is 6.20 Å². The molecule has 1 saturated carbocycles. The first kappa shape index (κ1) is 12.4. The second kappa shape index (κ2) is 6.01. The van der Waals surface area contributed by atoms with Gasteiger partial charge in [-0.05, 0) is 37.8 Å². The van der Waals surface area contributed by atoms with Crippen molar-refractivity contribution in [3.8, 4) is 5.75 Å². The van der Waals surface area contributed by atoms with Gasteiger partial charge in [-0.15, -0.1) is 0 Å². The molecule has 0 aromatic carbocycles. The van der Waals surface area contributed by atoms with Crippen LogP contribution in [-0.2, 0) is 0 Å². The van der Waals surface area contributed by atoms with Crippen LogP contribution in [0, 0.1) is 5.92 Å². The molecule has 0 saturated heterocycles. The fraction of sp³-hybridized carbons (Fsp3) is 0.643. The minimum absolute atomic E-state index is 0.0117. The lowest BCUT2D eigenvalue weighted by Gasteiger charge is -2.21. The van der Waals surface area contributed by atoms with Crippen molar-refractivity contribution in [3.05, 3.63) is 24.0 Å². The summed E-state index contributed by atoms with van der Waals surface area (Å²) >= 11 is 0. The van der Waals surface area contributed by atoms with Gasteiger partial charge in [0.1, 0.15) is 5.75 Å². The standard InChI is InChI=1S/C14H22N2O/c1-11(15)14-8-7-13(9-16-14)17-10-12-5-3-2-4-6-12/h7-9,11-12H,2-6,10,15H2,1H3/t11-/m1/s1. The van der Waals surface area contributed by atoms with Gasteiger partial charge >= 0.3 is 0 Å². The third kappa shape index (κ3) is 3.70. The zero-order chi connectivity index (χ0) is 12.1. The average Bonchev–Trinajstić information content (AvgIpc) is 2.38. The number of hydrogen-bond acceptors (Lipinski definition) is 3. The molecule has 2 N–H and O–H groups in total. The van der Waals surface area contributed by atoms with Crippen LogP contribution in [0.3, 0.4) is 0 Å². The van der Waals surface area contributed by atoms with E-state index in [0.717, 1.165) is 24.0 Å². The fourth-order valence-corrected chi connectivity index (χ4v) is 2.31. The molecule has 1 fully saturated rings. The molecule has 1 atom stereocenters. The number of aromatic nitrogens is 1. The van der Waals surface area contributed by atoms with Gasteiger partial charge in [0.15, 0.2) is 0 Å². The lowest BCUT2D eigenvalue weighted by Crippen LogP contribution is -2.15. The SMILES string of the molecule is C[C@@H](N)c1ccc(OCC2CCCCC2)cn1. The topological polar surface area (TPSA) is 48.1 Å². The van der Waals surface area contributed by atoms with Crippen molar-refractivity contribution in [2.24, 2.45) is 11.7 Å². The molecule has 3 nitrogen and oxygen atoms in total. The lowest BCUT2D eigenvalue weighted by atomic mass is 9.90. The van der Waals surface area contributed by atoms with Gasteiger partial charge in [-0.25, -0.2) is 0 Å². The van der Waals surface area contributed by atoms with E-state index in [1.165, 1.54) is 32.1 Å². The highest BCUT2D eigenvalue weighted by Crippen LogP contribution is 2.24. The Hall–Kier alpha value is -1.09. The summed E-state index contributed by atoms with van der Waals surface area (Å²) in [7, 11) is 0. The van der Waals surface area contributed by atoms with E-state index < -0.39 is 0 Å². The molecule has 0 unspecified atom stereocenters. The Morgan fingerprint density at radius 1 is 1.35 bits per heavy atom. The van der Waals surface area contributed by atoms with Crippen LogP contribution in [0.25, 0.3) is 0 Å². The first-order chi connectivity index (χ1) is 8.25. The van der Waals surface area contributed by atoms with Crippen molar-refractivity contribution >= 4 is 0 Å². The molecule has 94 valence electrons. The van der Waals surface area contributed by atoms with Crippen LogP contribution < -0.4 is 10.5 Å². The Morgan fingerprint density at radius 2 is 2.12 bits per heavy atom. The van der Waals surface area contributed by atoms with E-state index in [0.29, 0.717) is 0 Å². The van der Waals surface area contributed by atoms with Crippen LogP contribution in [0.2, 0.25) is 0 Å². The fourth-order valence-electron chi connectivity index (χ4n) is 2.31. The summed E-state index contributed by atoms with van der Waals surface area (Å²) in [4.78, 5) is 4.29. The third-order valence-electron chi connectivity index (χ3n) is 3.44. The normalized spacial score (nSPS) is 18.9. The minimum Gasteiger partial charge on any atom is -0.492 e. The van der Waals surface area contributed by atoms with Crippen LogP contribution in [0.4, 0.5) is 0 Å². The molecular formula is C14H22N2O. The number of hydrogen-bond donors (Lipinski definition) is 1. The van der Waals surface area contributed by atoms with Gasteiger partial charge in [0.05, 0.1) is 18.5 Å². The van der Waals surface area contributed by atoms with Crippen molar-refractivity contribution in [2.75, 3.05) is 6.61 Å². The van der Waals surface area contributed by atoms with Gasteiger partial charge in [0, 0.05) is 6.04 Å². The summed E-state index contributed by atoms with van der Waals surface area (Å²) in [5.41, 5.74) is 6.66. The van der Waals surface area contributed by atoms with E-state index in [1.807, 2.05) is 19.1 Å². The molecule has 1 aromatic rings. The molecule has 1 heterocycles. The van der Waals surface area contributed by atoms with Gasteiger partial charge in [-0.1, -0.05) is 19.3 Å². The first-order valence-corrected chi connectivity index (χ1v) is 6.60. The zero-order valence-electron chi connectivity index (χ0n) is 10.6. The number of pyridine rings is 1. The second-order valence-corrected chi connectivity index (χ2v) is 5.02. The van der Waals surface area contributed by atoms with Gasteiger partial charge < -0.3 is 10.5 Å². The molecule has 0 amide bonds. The number of nitrogens with zero attached hydrogens (tertiary/aromatic N) is 1. The second-order valence-electron chi connectivity index (χ2n) is 5.02. The monoisotopic (exact) mass is 234 g/mol. The maximum atomic E-state index is 5.78. The Kier molecular flexibility index (Phi) is 4.37. The Balaban J connectivity index is 1.82.